The van der Waals surface area contributed by atoms with Gasteiger partial charge in [0.25, 0.3) is 0 Å². The van der Waals surface area contributed by atoms with E-state index >= 15 is 0 Å². The first-order chi connectivity index (χ1) is 8.08. The molecular weight excluding hydrogens is 232 g/mol. The maximum atomic E-state index is 11.8. The summed E-state index contributed by atoms with van der Waals surface area (Å²) in [6.07, 6.45) is 0. The molecule has 0 fully saturated rings. The number of anilines is 1. The van der Waals surface area contributed by atoms with E-state index in [0.717, 1.165) is 11.1 Å². The molecular formula is C13H16N2OS. The van der Waals surface area contributed by atoms with Gasteiger partial charge in [0.1, 0.15) is 0 Å². The van der Waals surface area contributed by atoms with Gasteiger partial charge in [-0.25, -0.2) is 0 Å². The quantitative estimate of drug-likeness (QED) is 0.877. The van der Waals surface area contributed by atoms with Gasteiger partial charge in [0.2, 0.25) is 5.91 Å². The minimum absolute atomic E-state index is 0.130. The molecule has 1 amide bonds. The first-order valence-electron chi connectivity index (χ1n) is 5.61. The van der Waals surface area contributed by atoms with Crippen LogP contribution in [0.25, 0.3) is 10.1 Å². The van der Waals surface area contributed by atoms with Gasteiger partial charge in [-0.15, -0.1) is 11.3 Å². The van der Waals surface area contributed by atoms with Crippen molar-refractivity contribution in [2.24, 2.45) is 11.7 Å². The van der Waals surface area contributed by atoms with Crippen LogP contribution >= 0.6 is 11.3 Å². The van der Waals surface area contributed by atoms with Crippen LogP contribution in [0.4, 0.5) is 5.69 Å². The number of nitrogens with one attached hydrogen (secondary N) is 1. The minimum atomic E-state index is -0.465. The molecule has 0 aliphatic rings. The van der Waals surface area contributed by atoms with Crippen LogP contribution < -0.4 is 11.1 Å². The number of rotatable bonds is 3. The predicted octanol–water partition coefficient (Wildman–Crippen LogP) is 2.82. The summed E-state index contributed by atoms with van der Waals surface area (Å²) in [5.41, 5.74) is 6.59. The highest BCUT2D eigenvalue weighted by atomic mass is 32.1. The first kappa shape index (κ1) is 12.1. The van der Waals surface area contributed by atoms with Crippen molar-refractivity contribution in [2.45, 2.75) is 19.9 Å². The van der Waals surface area contributed by atoms with Gasteiger partial charge in [-0.2, -0.15) is 0 Å². The number of fused-ring (bicyclic) bond motifs is 1. The minimum Gasteiger partial charge on any atom is -0.325 e. The smallest absolute Gasteiger partial charge is 0.241 e. The molecule has 90 valence electrons. The molecule has 0 unspecified atom stereocenters. The van der Waals surface area contributed by atoms with Gasteiger partial charge in [-0.1, -0.05) is 13.8 Å². The molecule has 0 bridgehead atoms. The standard InChI is InChI=1S/C13H16N2OS/c1-8(2)12(14)13(16)15-10-3-4-11-9(7-10)5-6-17-11/h3-8,12H,14H2,1-2H3,(H,15,16)/t12-/m0/s1. The summed E-state index contributed by atoms with van der Waals surface area (Å²) in [7, 11) is 0. The lowest BCUT2D eigenvalue weighted by atomic mass is 10.0. The van der Waals surface area contributed by atoms with Gasteiger partial charge in [0, 0.05) is 10.4 Å². The molecule has 0 radical (unpaired) electrons. The van der Waals surface area contributed by atoms with Crippen LogP contribution in [0.5, 0.6) is 0 Å². The van der Waals surface area contributed by atoms with Gasteiger partial charge in [-0.3, -0.25) is 4.79 Å². The van der Waals surface area contributed by atoms with Crippen molar-refractivity contribution in [2.75, 3.05) is 5.32 Å². The molecule has 1 heterocycles. The zero-order valence-electron chi connectivity index (χ0n) is 9.94. The van der Waals surface area contributed by atoms with Crippen molar-refractivity contribution in [3.8, 4) is 0 Å². The second-order valence-electron chi connectivity index (χ2n) is 4.43. The predicted molar refractivity (Wildman–Crippen MR) is 73.3 cm³/mol. The number of thiophene rings is 1. The Bertz CT molecular complexity index is 533. The lowest BCUT2D eigenvalue weighted by molar-refractivity contribution is -0.118. The average Bonchev–Trinajstić information content (AvgIpc) is 2.74. The third-order valence-corrected chi connectivity index (χ3v) is 3.64. The Hall–Kier alpha value is -1.39. The van der Waals surface area contributed by atoms with Gasteiger partial charge >= 0.3 is 0 Å². The highest BCUT2D eigenvalue weighted by molar-refractivity contribution is 7.17. The molecule has 0 aliphatic carbocycles. The van der Waals surface area contributed by atoms with Crippen LogP contribution in [-0.4, -0.2) is 11.9 Å². The molecule has 1 aromatic heterocycles. The normalized spacial score (nSPS) is 12.9. The summed E-state index contributed by atoms with van der Waals surface area (Å²) in [4.78, 5) is 11.8. The first-order valence-corrected chi connectivity index (χ1v) is 6.49. The lowest BCUT2D eigenvalue weighted by Crippen LogP contribution is -2.39. The number of nitrogens with two attached hydrogens (primary N) is 1. The SMILES string of the molecule is CC(C)[C@H](N)C(=O)Nc1ccc2sccc2c1. The number of hydrogen-bond acceptors (Lipinski definition) is 3. The van der Waals surface area contributed by atoms with Crippen molar-refractivity contribution in [3.63, 3.8) is 0 Å². The summed E-state index contributed by atoms with van der Waals surface area (Å²) in [6, 6.07) is 7.46. The summed E-state index contributed by atoms with van der Waals surface area (Å²) in [6.45, 7) is 3.87. The Labute approximate surface area is 105 Å². The van der Waals surface area contributed by atoms with Gasteiger partial charge in [-0.05, 0) is 40.9 Å². The highest BCUT2D eigenvalue weighted by Gasteiger charge is 2.17. The van der Waals surface area contributed by atoms with E-state index in [1.54, 1.807) is 11.3 Å². The van der Waals surface area contributed by atoms with Crippen LogP contribution in [-0.2, 0) is 4.79 Å². The van der Waals surface area contributed by atoms with Crippen molar-refractivity contribution in [3.05, 3.63) is 29.6 Å². The largest absolute Gasteiger partial charge is 0.325 e. The number of benzene rings is 1. The number of carbonyl (C=O) groups is 1. The van der Waals surface area contributed by atoms with E-state index in [9.17, 15) is 4.79 Å². The zero-order chi connectivity index (χ0) is 12.4. The molecule has 17 heavy (non-hydrogen) atoms. The van der Waals surface area contributed by atoms with Crippen molar-refractivity contribution in [1.29, 1.82) is 0 Å². The topological polar surface area (TPSA) is 55.1 Å². The third-order valence-electron chi connectivity index (χ3n) is 2.74. The van der Waals surface area contributed by atoms with Crippen LogP contribution in [0.3, 0.4) is 0 Å². The maximum Gasteiger partial charge on any atom is 0.241 e. The molecule has 3 N–H and O–H groups in total. The molecule has 0 aliphatic heterocycles. The Kier molecular flexibility index (Phi) is 3.45. The highest BCUT2D eigenvalue weighted by Crippen LogP contribution is 2.24. The van der Waals surface area contributed by atoms with E-state index in [0.29, 0.717) is 0 Å². The van der Waals surface area contributed by atoms with Crippen molar-refractivity contribution >= 4 is 33.0 Å². The zero-order valence-corrected chi connectivity index (χ0v) is 10.8. The van der Waals surface area contributed by atoms with Crippen LogP contribution in [0.2, 0.25) is 0 Å². The molecule has 1 atom stereocenters. The molecule has 0 spiro atoms. The molecule has 0 saturated heterocycles. The van der Waals surface area contributed by atoms with E-state index in [2.05, 4.69) is 5.32 Å². The van der Waals surface area contributed by atoms with Crippen LogP contribution in [0.1, 0.15) is 13.8 Å². The summed E-state index contributed by atoms with van der Waals surface area (Å²) in [5, 5.41) is 6.03. The molecule has 2 rings (SSSR count). The van der Waals surface area contributed by atoms with E-state index in [1.807, 2.05) is 43.5 Å². The fraction of sp³-hybridized carbons (Fsp3) is 0.308. The van der Waals surface area contributed by atoms with Crippen molar-refractivity contribution in [1.82, 2.24) is 0 Å². The van der Waals surface area contributed by atoms with Gasteiger partial charge < -0.3 is 11.1 Å². The Morgan fingerprint density at radius 2 is 2.12 bits per heavy atom. The summed E-state index contributed by atoms with van der Waals surface area (Å²) < 4.78 is 1.22. The summed E-state index contributed by atoms with van der Waals surface area (Å²) >= 11 is 1.69. The Morgan fingerprint density at radius 1 is 1.35 bits per heavy atom. The number of hydrogen-bond donors (Lipinski definition) is 2. The summed E-state index contributed by atoms with van der Waals surface area (Å²) in [5.74, 6) is 0.00876. The van der Waals surface area contributed by atoms with E-state index in [-0.39, 0.29) is 11.8 Å². The van der Waals surface area contributed by atoms with Crippen molar-refractivity contribution < 1.29 is 4.79 Å². The molecule has 3 nitrogen and oxygen atoms in total. The molecule has 1 aromatic carbocycles. The van der Waals surface area contributed by atoms with Gasteiger partial charge in [0.15, 0.2) is 0 Å². The fourth-order valence-electron chi connectivity index (χ4n) is 1.57. The molecule has 2 aromatic rings. The average molecular weight is 248 g/mol. The molecule has 4 heteroatoms. The van der Waals surface area contributed by atoms with E-state index < -0.39 is 6.04 Å². The Balaban J connectivity index is 2.15. The number of amides is 1. The lowest BCUT2D eigenvalue weighted by Gasteiger charge is -2.15. The fourth-order valence-corrected chi connectivity index (χ4v) is 2.34. The van der Waals surface area contributed by atoms with Gasteiger partial charge in [0.05, 0.1) is 6.04 Å². The van der Waals surface area contributed by atoms with E-state index in [4.69, 9.17) is 5.73 Å². The second kappa shape index (κ2) is 4.85. The van der Waals surface area contributed by atoms with Crippen LogP contribution in [0.15, 0.2) is 29.6 Å². The Morgan fingerprint density at radius 3 is 2.82 bits per heavy atom. The third kappa shape index (κ3) is 2.65. The second-order valence-corrected chi connectivity index (χ2v) is 5.38. The van der Waals surface area contributed by atoms with Crippen LogP contribution in [0, 0.1) is 5.92 Å². The monoisotopic (exact) mass is 248 g/mol. The number of carbonyl (C=O) groups excluding carboxylic acids is 1. The molecule has 0 saturated carbocycles. The maximum absolute atomic E-state index is 11.8. The van der Waals surface area contributed by atoms with E-state index in [1.165, 1.54) is 4.70 Å².